The quantitative estimate of drug-likeness (QED) is 0.789. The topological polar surface area (TPSA) is 12.0 Å². The number of alkyl halides is 3. The molecule has 1 aromatic rings. The molecule has 0 bridgehead atoms. The van der Waals surface area contributed by atoms with E-state index in [0.29, 0.717) is 12.1 Å². The predicted molar refractivity (Wildman–Crippen MR) is 58.2 cm³/mol. The lowest BCUT2D eigenvalue weighted by molar-refractivity contribution is -0.139. The molecule has 0 radical (unpaired) electrons. The number of rotatable bonds is 5. The summed E-state index contributed by atoms with van der Waals surface area (Å²) in [5.41, 5.74) is 0.308. The Morgan fingerprint density at radius 1 is 1.24 bits per heavy atom. The van der Waals surface area contributed by atoms with Crippen molar-refractivity contribution in [3.05, 3.63) is 35.6 Å². The van der Waals surface area contributed by atoms with Gasteiger partial charge in [-0.3, -0.25) is 0 Å². The lowest BCUT2D eigenvalue weighted by Crippen LogP contribution is -2.35. The minimum Gasteiger partial charge on any atom is -0.314 e. The Labute approximate surface area is 97.8 Å². The molecule has 0 aromatic heterocycles. The molecule has 1 nitrogen and oxygen atoms in total. The molecular weight excluding hydrogens is 234 g/mol. The SMILES string of the molecule is CCNC(Cc1ccccc1F)CC(F)(F)F. The Hall–Kier alpha value is -1.10. The largest absolute Gasteiger partial charge is 0.390 e. The molecule has 17 heavy (non-hydrogen) atoms. The fraction of sp³-hybridized carbons (Fsp3) is 0.500. The summed E-state index contributed by atoms with van der Waals surface area (Å²) in [5.74, 6) is -0.461. The maximum Gasteiger partial charge on any atom is 0.390 e. The van der Waals surface area contributed by atoms with Crippen LogP contribution in [-0.4, -0.2) is 18.8 Å². The molecule has 1 N–H and O–H groups in total. The monoisotopic (exact) mass is 249 g/mol. The molecule has 0 heterocycles. The summed E-state index contributed by atoms with van der Waals surface area (Å²) < 4.78 is 50.2. The van der Waals surface area contributed by atoms with Gasteiger partial charge in [-0.05, 0) is 24.6 Å². The lowest BCUT2D eigenvalue weighted by Gasteiger charge is -2.19. The fourth-order valence-corrected chi connectivity index (χ4v) is 1.71. The lowest BCUT2D eigenvalue weighted by atomic mass is 10.0. The van der Waals surface area contributed by atoms with Gasteiger partial charge in [-0.15, -0.1) is 0 Å². The Kier molecular flexibility index (Phi) is 4.93. The maximum absolute atomic E-state index is 13.3. The standard InChI is InChI=1S/C12H15F4N/c1-2-17-10(8-12(14,15)16)7-9-5-3-4-6-11(9)13/h3-6,10,17H,2,7-8H2,1H3. The van der Waals surface area contributed by atoms with Crippen molar-refractivity contribution in [2.45, 2.75) is 32.0 Å². The van der Waals surface area contributed by atoms with Crippen LogP contribution in [0.5, 0.6) is 0 Å². The van der Waals surface area contributed by atoms with Crippen molar-refractivity contribution in [3.8, 4) is 0 Å². The molecule has 5 heteroatoms. The molecule has 1 aromatic carbocycles. The summed E-state index contributed by atoms with van der Waals surface area (Å²) in [6, 6.07) is 5.12. The van der Waals surface area contributed by atoms with Crippen molar-refractivity contribution in [3.63, 3.8) is 0 Å². The van der Waals surface area contributed by atoms with Gasteiger partial charge in [0, 0.05) is 6.04 Å². The van der Waals surface area contributed by atoms with Crippen LogP contribution in [0.1, 0.15) is 18.9 Å². The van der Waals surface area contributed by atoms with Gasteiger partial charge in [0.2, 0.25) is 0 Å². The molecule has 0 spiro atoms. The third kappa shape index (κ3) is 5.17. The molecule has 1 rings (SSSR count). The van der Waals surface area contributed by atoms with Crippen LogP contribution in [0.3, 0.4) is 0 Å². The highest BCUT2D eigenvalue weighted by atomic mass is 19.4. The van der Waals surface area contributed by atoms with Gasteiger partial charge in [0.1, 0.15) is 5.82 Å². The summed E-state index contributed by atoms with van der Waals surface area (Å²) in [6.07, 6.45) is -5.15. The summed E-state index contributed by atoms with van der Waals surface area (Å²) >= 11 is 0. The third-order valence-electron chi connectivity index (χ3n) is 2.39. The average Bonchev–Trinajstić information content (AvgIpc) is 2.19. The Bertz CT molecular complexity index is 349. The number of hydrogen-bond acceptors (Lipinski definition) is 1. The van der Waals surface area contributed by atoms with Gasteiger partial charge >= 0.3 is 6.18 Å². The molecule has 0 fully saturated rings. The van der Waals surface area contributed by atoms with Gasteiger partial charge in [0.25, 0.3) is 0 Å². The van der Waals surface area contributed by atoms with Crippen LogP contribution in [0.15, 0.2) is 24.3 Å². The van der Waals surface area contributed by atoms with Crippen LogP contribution in [0.2, 0.25) is 0 Å². The average molecular weight is 249 g/mol. The van der Waals surface area contributed by atoms with Crippen LogP contribution in [0, 0.1) is 5.82 Å². The molecule has 1 atom stereocenters. The van der Waals surface area contributed by atoms with Gasteiger partial charge in [-0.25, -0.2) is 4.39 Å². The first-order valence-electron chi connectivity index (χ1n) is 5.46. The van der Waals surface area contributed by atoms with Gasteiger partial charge in [-0.2, -0.15) is 13.2 Å². The van der Waals surface area contributed by atoms with Gasteiger partial charge in [0.05, 0.1) is 6.42 Å². The molecule has 0 amide bonds. The molecule has 0 aliphatic rings. The fourth-order valence-electron chi connectivity index (χ4n) is 1.71. The number of likely N-dealkylation sites (N-methyl/N-ethyl adjacent to an activating group) is 1. The first kappa shape index (κ1) is 14.0. The second kappa shape index (κ2) is 6.00. The van der Waals surface area contributed by atoms with Crippen molar-refractivity contribution in [1.29, 1.82) is 0 Å². The van der Waals surface area contributed by atoms with Crippen LogP contribution in [-0.2, 0) is 6.42 Å². The zero-order chi connectivity index (χ0) is 12.9. The Morgan fingerprint density at radius 3 is 2.41 bits per heavy atom. The maximum atomic E-state index is 13.3. The number of benzene rings is 1. The summed E-state index contributed by atoms with van der Waals surface area (Å²) in [6.45, 7) is 2.15. The molecule has 1 unspecified atom stereocenters. The van der Waals surface area contributed by atoms with E-state index in [0.717, 1.165) is 0 Å². The van der Waals surface area contributed by atoms with E-state index in [2.05, 4.69) is 5.32 Å². The third-order valence-corrected chi connectivity index (χ3v) is 2.39. The van der Waals surface area contributed by atoms with Crippen molar-refractivity contribution < 1.29 is 17.6 Å². The summed E-state index contributed by atoms with van der Waals surface area (Å²) in [4.78, 5) is 0. The van der Waals surface area contributed by atoms with Gasteiger partial charge in [-0.1, -0.05) is 25.1 Å². The van der Waals surface area contributed by atoms with Crippen LogP contribution in [0.25, 0.3) is 0 Å². The minimum absolute atomic E-state index is 0.0417. The number of hydrogen-bond donors (Lipinski definition) is 1. The Balaban J connectivity index is 2.70. The molecule has 96 valence electrons. The zero-order valence-corrected chi connectivity index (χ0v) is 9.52. The van der Waals surface area contributed by atoms with E-state index in [-0.39, 0.29) is 6.42 Å². The highest BCUT2D eigenvalue weighted by Crippen LogP contribution is 2.23. The number of nitrogens with one attached hydrogen (secondary N) is 1. The summed E-state index contributed by atoms with van der Waals surface area (Å²) in [7, 11) is 0. The molecule has 0 saturated carbocycles. The molecule has 0 aliphatic heterocycles. The van der Waals surface area contributed by atoms with E-state index in [1.54, 1.807) is 13.0 Å². The second-order valence-corrected chi connectivity index (χ2v) is 3.87. The van der Waals surface area contributed by atoms with Gasteiger partial charge in [0.15, 0.2) is 0 Å². The zero-order valence-electron chi connectivity index (χ0n) is 9.52. The van der Waals surface area contributed by atoms with Crippen molar-refractivity contribution in [1.82, 2.24) is 5.32 Å². The Morgan fingerprint density at radius 2 is 1.88 bits per heavy atom. The van der Waals surface area contributed by atoms with E-state index in [4.69, 9.17) is 0 Å². The van der Waals surface area contributed by atoms with Crippen molar-refractivity contribution in [2.24, 2.45) is 0 Å². The molecule has 0 saturated heterocycles. The predicted octanol–water partition coefficient (Wildman–Crippen LogP) is 3.30. The second-order valence-electron chi connectivity index (χ2n) is 3.87. The summed E-state index contributed by atoms with van der Waals surface area (Å²) in [5, 5.41) is 2.73. The highest BCUT2D eigenvalue weighted by molar-refractivity contribution is 5.18. The first-order chi connectivity index (χ1) is 7.92. The van der Waals surface area contributed by atoms with Crippen LogP contribution < -0.4 is 5.32 Å². The van der Waals surface area contributed by atoms with Crippen LogP contribution >= 0.6 is 0 Å². The molecular formula is C12H15F4N. The molecule has 0 aliphatic carbocycles. The van der Waals surface area contributed by atoms with E-state index in [1.807, 2.05) is 0 Å². The normalized spacial score (nSPS) is 13.7. The number of halogens is 4. The minimum atomic E-state index is -4.24. The van der Waals surface area contributed by atoms with Gasteiger partial charge < -0.3 is 5.32 Å². The highest BCUT2D eigenvalue weighted by Gasteiger charge is 2.31. The van der Waals surface area contributed by atoms with Crippen LogP contribution in [0.4, 0.5) is 17.6 Å². The van der Waals surface area contributed by atoms with Crippen molar-refractivity contribution in [2.75, 3.05) is 6.54 Å². The van der Waals surface area contributed by atoms with E-state index < -0.39 is 24.5 Å². The van der Waals surface area contributed by atoms with E-state index in [1.165, 1.54) is 18.2 Å². The van der Waals surface area contributed by atoms with E-state index >= 15 is 0 Å². The smallest absolute Gasteiger partial charge is 0.314 e. The van der Waals surface area contributed by atoms with Crippen molar-refractivity contribution >= 4 is 0 Å². The van der Waals surface area contributed by atoms with E-state index in [9.17, 15) is 17.6 Å². The first-order valence-corrected chi connectivity index (χ1v) is 5.46.